The molecule has 1 rings (SSSR count). The number of carbonyl (C=O) groups is 1. The van der Waals surface area contributed by atoms with Gasteiger partial charge in [0, 0.05) is 0 Å². The van der Waals surface area contributed by atoms with E-state index in [-0.39, 0.29) is 23.2 Å². The van der Waals surface area contributed by atoms with Crippen LogP contribution in [0.25, 0.3) is 0 Å². The smallest absolute Gasteiger partial charge is 0.339 e. The van der Waals surface area contributed by atoms with Crippen LogP contribution in [0, 0.1) is 11.5 Å². The third-order valence-corrected chi connectivity index (χ3v) is 1.72. The molecular formula is C11H11NO4. The largest absolute Gasteiger partial charge is 0.486 e. The van der Waals surface area contributed by atoms with Crippen LogP contribution in [0.15, 0.2) is 18.2 Å². The van der Waals surface area contributed by atoms with Gasteiger partial charge in [-0.05, 0) is 26.0 Å². The van der Waals surface area contributed by atoms with Crippen LogP contribution >= 0.6 is 0 Å². The molecule has 0 saturated heterocycles. The van der Waals surface area contributed by atoms with Gasteiger partial charge in [0.1, 0.15) is 5.56 Å². The quantitative estimate of drug-likeness (QED) is 0.787. The van der Waals surface area contributed by atoms with Crippen molar-refractivity contribution in [3.8, 4) is 17.8 Å². The van der Waals surface area contributed by atoms with E-state index in [0.717, 1.165) is 0 Å². The van der Waals surface area contributed by atoms with Crippen molar-refractivity contribution in [2.75, 3.05) is 0 Å². The first-order valence-corrected chi connectivity index (χ1v) is 4.65. The summed E-state index contributed by atoms with van der Waals surface area (Å²) < 4.78 is 9.98. The lowest BCUT2D eigenvalue weighted by atomic mass is 10.2. The van der Waals surface area contributed by atoms with Crippen molar-refractivity contribution < 1.29 is 19.4 Å². The molecule has 1 aromatic carbocycles. The summed E-state index contributed by atoms with van der Waals surface area (Å²) in [6.45, 7) is 3.52. The van der Waals surface area contributed by atoms with E-state index in [1.165, 1.54) is 24.5 Å². The molecule has 0 saturated carbocycles. The minimum absolute atomic E-state index is 0.0264. The zero-order chi connectivity index (χ0) is 12.1. The zero-order valence-corrected chi connectivity index (χ0v) is 8.93. The molecule has 0 spiro atoms. The number of nitrogens with zero attached hydrogens (tertiary/aromatic N) is 1. The normalized spacial score (nSPS) is 9.62. The van der Waals surface area contributed by atoms with Gasteiger partial charge < -0.3 is 14.6 Å². The monoisotopic (exact) mass is 221 g/mol. The highest BCUT2D eigenvalue weighted by molar-refractivity contribution is 5.92. The second-order valence-electron chi connectivity index (χ2n) is 3.30. The molecule has 0 aromatic heterocycles. The second-order valence-corrected chi connectivity index (χ2v) is 3.30. The molecule has 0 radical (unpaired) electrons. The first kappa shape index (κ1) is 11.9. The first-order valence-electron chi connectivity index (χ1n) is 4.65. The molecule has 0 aliphatic heterocycles. The van der Waals surface area contributed by atoms with Crippen LogP contribution in [0.1, 0.15) is 24.2 Å². The van der Waals surface area contributed by atoms with Crippen LogP contribution < -0.4 is 9.47 Å². The average molecular weight is 221 g/mol. The molecule has 0 aliphatic carbocycles. The van der Waals surface area contributed by atoms with Gasteiger partial charge in [0.25, 0.3) is 6.26 Å². The van der Waals surface area contributed by atoms with Crippen LogP contribution in [-0.4, -0.2) is 17.2 Å². The second kappa shape index (κ2) is 5.03. The van der Waals surface area contributed by atoms with Gasteiger partial charge in [-0.1, -0.05) is 6.07 Å². The van der Waals surface area contributed by atoms with Crippen LogP contribution in [0.3, 0.4) is 0 Å². The van der Waals surface area contributed by atoms with Crippen molar-refractivity contribution >= 4 is 5.97 Å². The fraction of sp³-hybridized carbons (Fsp3) is 0.273. The number of hydrogen-bond donors (Lipinski definition) is 1. The third-order valence-electron chi connectivity index (χ3n) is 1.72. The lowest BCUT2D eigenvalue weighted by Crippen LogP contribution is -2.10. The number of ether oxygens (including phenoxy) is 2. The molecule has 0 unspecified atom stereocenters. The summed E-state index contributed by atoms with van der Waals surface area (Å²) in [7, 11) is 0. The molecule has 0 bridgehead atoms. The molecule has 5 nitrogen and oxygen atoms in total. The Labute approximate surface area is 92.8 Å². The van der Waals surface area contributed by atoms with Crippen LogP contribution in [0.4, 0.5) is 0 Å². The number of carboxylic acids is 1. The van der Waals surface area contributed by atoms with E-state index in [4.69, 9.17) is 15.1 Å². The van der Waals surface area contributed by atoms with Gasteiger partial charge in [-0.3, -0.25) is 0 Å². The Balaban J connectivity index is 3.24. The summed E-state index contributed by atoms with van der Waals surface area (Å²) >= 11 is 0. The molecule has 1 N–H and O–H groups in total. The van der Waals surface area contributed by atoms with Gasteiger partial charge in [0.15, 0.2) is 11.5 Å². The third kappa shape index (κ3) is 2.64. The number of benzene rings is 1. The predicted octanol–water partition coefficient (Wildman–Crippen LogP) is 2.03. The Morgan fingerprint density at radius 2 is 2.19 bits per heavy atom. The predicted molar refractivity (Wildman–Crippen MR) is 55.4 cm³/mol. The van der Waals surface area contributed by atoms with Crippen molar-refractivity contribution in [1.29, 1.82) is 5.26 Å². The Bertz CT molecular complexity index is 434. The number of nitriles is 1. The van der Waals surface area contributed by atoms with Crippen molar-refractivity contribution in [3.63, 3.8) is 0 Å². The molecule has 0 amide bonds. The maximum atomic E-state index is 10.9. The van der Waals surface area contributed by atoms with Crippen molar-refractivity contribution in [1.82, 2.24) is 0 Å². The van der Waals surface area contributed by atoms with E-state index in [1.807, 2.05) is 0 Å². The lowest BCUT2D eigenvalue weighted by molar-refractivity contribution is 0.0689. The summed E-state index contributed by atoms with van der Waals surface area (Å²) in [5, 5.41) is 17.4. The number of aromatic carboxylic acids is 1. The Morgan fingerprint density at radius 3 is 2.69 bits per heavy atom. The molecule has 0 heterocycles. The standard InChI is InChI=1S/C11H11NO4/c1-7(2)16-10-8(11(13)14)4-3-5-9(10)15-6-12/h3-5,7H,1-2H3,(H,13,14). The maximum Gasteiger partial charge on any atom is 0.339 e. The minimum atomic E-state index is -1.13. The molecule has 0 fully saturated rings. The van der Waals surface area contributed by atoms with Gasteiger partial charge in [0.2, 0.25) is 0 Å². The fourth-order valence-electron chi connectivity index (χ4n) is 1.17. The Kier molecular flexibility index (Phi) is 3.72. The van der Waals surface area contributed by atoms with Gasteiger partial charge in [-0.15, -0.1) is 5.26 Å². The fourth-order valence-corrected chi connectivity index (χ4v) is 1.17. The topological polar surface area (TPSA) is 79.5 Å². The van der Waals surface area contributed by atoms with Crippen molar-refractivity contribution in [2.24, 2.45) is 0 Å². The van der Waals surface area contributed by atoms with Crippen molar-refractivity contribution in [2.45, 2.75) is 20.0 Å². The van der Waals surface area contributed by atoms with E-state index in [9.17, 15) is 4.79 Å². The van der Waals surface area contributed by atoms with E-state index >= 15 is 0 Å². The maximum absolute atomic E-state index is 10.9. The number of para-hydroxylation sites is 1. The molecule has 0 atom stereocenters. The summed E-state index contributed by atoms with van der Waals surface area (Å²) in [4.78, 5) is 10.9. The summed E-state index contributed by atoms with van der Waals surface area (Å²) in [6.07, 6.45) is 1.28. The Morgan fingerprint density at radius 1 is 1.50 bits per heavy atom. The van der Waals surface area contributed by atoms with E-state index < -0.39 is 5.97 Å². The highest BCUT2D eigenvalue weighted by Crippen LogP contribution is 2.32. The van der Waals surface area contributed by atoms with Crippen LogP contribution in [-0.2, 0) is 0 Å². The molecule has 5 heteroatoms. The van der Waals surface area contributed by atoms with E-state index in [0.29, 0.717) is 0 Å². The van der Waals surface area contributed by atoms with Gasteiger partial charge in [-0.25, -0.2) is 4.79 Å². The molecule has 84 valence electrons. The number of carboxylic acid groups (broad SMARTS) is 1. The molecular weight excluding hydrogens is 210 g/mol. The first-order chi connectivity index (χ1) is 7.56. The summed E-state index contributed by atoms with van der Waals surface area (Å²) in [6, 6.07) is 4.36. The van der Waals surface area contributed by atoms with Crippen molar-refractivity contribution in [3.05, 3.63) is 23.8 Å². The van der Waals surface area contributed by atoms with Crippen LogP contribution in [0.5, 0.6) is 11.5 Å². The SMILES string of the molecule is CC(C)Oc1c(OC#N)cccc1C(=O)O. The average Bonchev–Trinajstić information content (AvgIpc) is 2.19. The Hall–Kier alpha value is -2.22. The lowest BCUT2D eigenvalue weighted by Gasteiger charge is -2.14. The van der Waals surface area contributed by atoms with Gasteiger partial charge >= 0.3 is 5.97 Å². The highest BCUT2D eigenvalue weighted by Gasteiger charge is 2.17. The minimum Gasteiger partial charge on any atom is -0.486 e. The molecule has 16 heavy (non-hydrogen) atoms. The van der Waals surface area contributed by atoms with Gasteiger partial charge in [0.05, 0.1) is 6.10 Å². The highest BCUT2D eigenvalue weighted by atomic mass is 16.5. The molecule has 0 aliphatic rings. The van der Waals surface area contributed by atoms with E-state index in [1.54, 1.807) is 13.8 Å². The van der Waals surface area contributed by atoms with Gasteiger partial charge in [-0.2, -0.15) is 0 Å². The summed E-state index contributed by atoms with van der Waals surface area (Å²) in [5.74, 6) is -0.943. The zero-order valence-electron chi connectivity index (χ0n) is 8.93. The van der Waals surface area contributed by atoms with E-state index in [2.05, 4.69) is 4.74 Å². The number of rotatable bonds is 4. The van der Waals surface area contributed by atoms with Crippen LogP contribution in [0.2, 0.25) is 0 Å². The number of hydrogen-bond acceptors (Lipinski definition) is 4. The summed E-state index contributed by atoms with van der Waals surface area (Å²) in [5.41, 5.74) is -0.0264. The molecule has 1 aromatic rings.